The summed E-state index contributed by atoms with van der Waals surface area (Å²) in [5.74, 6) is -2.93. The predicted octanol–water partition coefficient (Wildman–Crippen LogP) is 1.20. The molecular weight excluding hydrogens is 343 g/mol. The first-order chi connectivity index (χ1) is 12.2. The number of ketones is 1. The largest absolute Gasteiger partial charge is 0.480 e. The highest BCUT2D eigenvalue weighted by molar-refractivity contribution is 5.90. The lowest BCUT2D eigenvalue weighted by Gasteiger charge is -2.21. The van der Waals surface area contributed by atoms with Gasteiger partial charge in [-0.25, -0.2) is 9.18 Å². The van der Waals surface area contributed by atoms with Gasteiger partial charge in [-0.3, -0.25) is 14.4 Å². The molecule has 1 aromatic rings. The number of hydrogen-bond donors (Lipinski definition) is 3. The highest BCUT2D eigenvalue weighted by Gasteiger charge is 2.26. The van der Waals surface area contributed by atoms with Gasteiger partial charge in [0.05, 0.1) is 0 Å². The molecule has 2 amide bonds. The SMILES string of the molecule is CCC(=O)CC[C@H](NC(=O)[C@H](Cc1ccc(F)cc1)NC(C)=O)C(=O)O. The molecule has 26 heavy (non-hydrogen) atoms. The minimum Gasteiger partial charge on any atom is -0.480 e. The van der Waals surface area contributed by atoms with Gasteiger partial charge in [-0.15, -0.1) is 0 Å². The van der Waals surface area contributed by atoms with Gasteiger partial charge in [0.15, 0.2) is 0 Å². The molecule has 0 aromatic heterocycles. The lowest BCUT2D eigenvalue weighted by molar-refractivity contribution is -0.142. The Labute approximate surface area is 151 Å². The molecule has 142 valence electrons. The minimum atomic E-state index is -1.26. The third-order valence-corrected chi connectivity index (χ3v) is 3.77. The number of rotatable bonds is 10. The van der Waals surface area contributed by atoms with Crippen molar-refractivity contribution in [2.45, 2.75) is 51.6 Å². The van der Waals surface area contributed by atoms with E-state index in [1.165, 1.54) is 31.2 Å². The van der Waals surface area contributed by atoms with Crippen molar-refractivity contribution in [2.24, 2.45) is 0 Å². The van der Waals surface area contributed by atoms with Crippen LogP contribution in [0.4, 0.5) is 4.39 Å². The molecule has 0 bridgehead atoms. The molecular formula is C18H23FN2O5. The third kappa shape index (κ3) is 7.42. The van der Waals surface area contributed by atoms with Gasteiger partial charge < -0.3 is 15.7 Å². The van der Waals surface area contributed by atoms with E-state index in [2.05, 4.69) is 10.6 Å². The predicted molar refractivity (Wildman–Crippen MR) is 91.8 cm³/mol. The molecule has 0 unspecified atom stereocenters. The van der Waals surface area contributed by atoms with Gasteiger partial charge in [-0.2, -0.15) is 0 Å². The summed E-state index contributed by atoms with van der Waals surface area (Å²) >= 11 is 0. The monoisotopic (exact) mass is 366 g/mol. The molecule has 1 rings (SSSR count). The van der Waals surface area contributed by atoms with Crippen LogP contribution in [0.15, 0.2) is 24.3 Å². The van der Waals surface area contributed by atoms with E-state index < -0.39 is 35.7 Å². The van der Waals surface area contributed by atoms with Crippen molar-refractivity contribution in [3.63, 3.8) is 0 Å². The van der Waals surface area contributed by atoms with Gasteiger partial charge >= 0.3 is 5.97 Å². The number of hydrogen-bond acceptors (Lipinski definition) is 4. The molecule has 2 atom stereocenters. The summed E-state index contributed by atoms with van der Waals surface area (Å²) < 4.78 is 13.0. The van der Waals surface area contributed by atoms with E-state index in [9.17, 15) is 28.7 Å². The molecule has 0 saturated carbocycles. The van der Waals surface area contributed by atoms with Crippen molar-refractivity contribution in [2.75, 3.05) is 0 Å². The van der Waals surface area contributed by atoms with E-state index in [0.717, 1.165) is 0 Å². The van der Waals surface area contributed by atoms with Gasteiger partial charge in [0.2, 0.25) is 11.8 Å². The first-order valence-electron chi connectivity index (χ1n) is 8.29. The number of carboxylic acids is 1. The van der Waals surface area contributed by atoms with Crippen molar-refractivity contribution in [1.29, 1.82) is 0 Å². The maximum atomic E-state index is 13.0. The number of amides is 2. The van der Waals surface area contributed by atoms with Crippen LogP contribution in [0.1, 0.15) is 38.7 Å². The fraction of sp³-hybridized carbons (Fsp3) is 0.444. The van der Waals surface area contributed by atoms with Gasteiger partial charge in [-0.1, -0.05) is 19.1 Å². The second kappa shape index (κ2) is 10.3. The Bertz CT molecular complexity index is 660. The van der Waals surface area contributed by atoms with Crippen LogP contribution in [0.25, 0.3) is 0 Å². The number of carbonyl (C=O) groups excluding carboxylic acids is 3. The van der Waals surface area contributed by atoms with E-state index in [1.54, 1.807) is 6.92 Å². The summed E-state index contributed by atoms with van der Waals surface area (Å²) in [6.45, 7) is 2.91. The van der Waals surface area contributed by atoms with Gasteiger partial charge in [0.1, 0.15) is 23.7 Å². The summed E-state index contributed by atoms with van der Waals surface area (Å²) in [7, 11) is 0. The van der Waals surface area contributed by atoms with Crippen LogP contribution >= 0.6 is 0 Å². The standard InChI is InChI=1S/C18H23FN2O5/c1-3-14(23)8-9-15(18(25)26)21-17(24)16(20-11(2)22)10-12-4-6-13(19)7-5-12/h4-7,15-16H,3,8-10H2,1-2H3,(H,20,22)(H,21,24)(H,25,26)/t15-,16-/m0/s1. The lowest BCUT2D eigenvalue weighted by Crippen LogP contribution is -2.52. The number of aliphatic carboxylic acids is 1. The quantitative estimate of drug-likeness (QED) is 0.576. The van der Waals surface area contributed by atoms with E-state index in [-0.39, 0.29) is 25.0 Å². The normalized spacial score (nSPS) is 12.7. The number of carboxylic acid groups (broad SMARTS) is 1. The fourth-order valence-corrected chi connectivity index (χ4v) is 2.32. The molecule has 0 radical (unpaired) electrons. The van der Waals surface area contributed by atoms with Gasteiger partial charge in [0.25, 0.3) is 0 Å². The summed E-state index contributed by atoms with van der Waals surface area (Å²) in [6.07, 6.45) is 0.374. The number of benzene rings is 1. The van der Waals surface area contributed by atoms with E-state index >= 15 is 0 Å². The number of Topliss-reactive ketones (excluding diaryl/α,β-unsaturated/α-hetero) is 1. The molecule has 0 aliphatic carbocycles. The molecule has 1 aromatic carbocycles. The zero-order valence-electron chi connectivity index (χ0n) is 14.8. The zero-order valence-corrected chi connectivity index (χ0v) is 14.8. The fourth-order valence-electron chi connectivity index (χ4n) is 2.32. The molecule has 0 fully saturated rings. The zero-order chi connectivity index (χ0) is 19.7. The Morgan fingerprint density at radius 3 is 2.19 bits per heavy atom. The Morgan fingerprint density at radius 1 is 1.08 bits per heavy atom. The Hall–Kier alpha value is -2.77. The highest BCUT2D eigenvalue weighted by Crippen LogP contribution is 2.08. The maximum absolute atomic E-state index is 13.0. The van der Waals surface area contributed by atoms with Gasteiger partial charge in [0, 0.05) is 26.2 Å². The van der Waals surface area contributed by atoms with Crippen LogP contribution in [0, 0.1) is 5.82 Å². The number of nitrogens with one attached hydrogen (secondary N) is 2. The minimum absolute atomic E-state index is 0.0307. The Kier molecular flexibility index (Phi) is 8.41. The van der Waals surface area contributed by atoms with Crippen molar-refractivity contribution in [3.05, 3.63) is 35.6 Å². The van der Waals surface area contributed by atoms with E-state index in [1.807, 2.05) is 0 Å². The second-order valence-corrected chi connectivity index (χ2v) is 5.91. The lowest BCUT2D eigenvalue weighted by atomic mass is 10.0. The number of halogens is 1. The first-order valence-corrected chi connectivity index (χ1v) is 8.29. The molecule has 8 heteroatoms. The summed E-state index contributed by atoms with van der Waals surface area (Å²) in [5.41, 5.74) is 0.605. The van der Waals surface area contributed by atoms with Crippen LogP contribution in [-0.4, -0.2) is 40.8 Å². The van der Waals surface area contributed by atoms with E-state index in [0.29, 0.717) is 12.0 Å². The van der Waals surface area contributed by atoms with Crippen molar-refractivity contribution < 1.29 is 28.7 Å². The van der Waals surface area contributed by atoms with E-state index in [4.69, 9.17) is 0 Å². The van der Waals surface area contributed by atoms with Gasteiger partial charge in [-0.05, 0) is 24.1 Å². The molecule has 7 nitrogen and oxygen atoms in total. The third-order valence-electron chi connectivity index (χ3n) is 3.77. The van der Waals surface area contributed by atoms with Crippen LogP contribution in [0.3, 0.4) is 0 Å². The summed E-state index contributed by atoms with van der Waals surface area (Å²) in [4.78, 5) is 46.5. The molecule has 0 heterocycles. The number of carbonyl (C=O) groups is 4. The molecule has 0 saturated heterocycles. The van der Waals surface area contributed by atoms with Crippen LogP contribution in [0.2, 0.25) is 0 Å². The van der Waals surface area contributed by atoms with Crippen LogP contribution in [0.5, 0.6) is 0 Å². The average molecular weight is 366 g/mol. The van der Waals surface area contributed by atoms with Crippen LogP contribution < -0.4 is 10.6 Å². The topological polar surface area (TPSA) is 113 Å². The average Bonchev–Trinajstić information content (AvgIpc) is 2.58. The first kappa shape index (κ1) is 21.3. The molecule has 0 aliphatic heterocycles. The molecule has 0 aliphatic rings. The Balaban J connectivity index is 2.81. The smallest absolute Gasteiger partial charge is 0.326 e. The highest BCUT2D eigenvalue weighted by atomic mass is 19.1. The summed E-state index contributed by atoms with van der Waals surface area (Å²) in [6, 6.07) is 3.17. The van der Waals surface area contributed by atoms with Crippen molar-refractivity contribution >= 4 is 23.6 Å². The summed E-state index contributed by atoms with van der Waals surface area (Å²) in [5, 5.41) is 14.0. The second-order valence-electron chi connectivity index (χ2n) is 5.91. The van der Waals surface area contributed by atoms with Crippen LogP contribution in [-0.2, 0) is 25.6 Å². The maximum Gasteiger partial charge on any atom is 0.326 e. The molecule has 0 spiro atoms. The Morgan fingerprint density at radius 2 is 1.69 bits per heavy atom. The van der Waals surface area contributed by atoms with Crippen molar-refractivity contribution in [1.82, 2.24) is 10.6 Å². The molecule has 3 N–H and O–H groups in total. The van der Waals surface area contributed by atoms with Crippen molar-refractivity contribution in [3.8, 4) is 0 Å².